The van der Waals surface area contributed by atoms with Crippen LogP contribution in [0.25, 0.3) is 0 Å². The molecule has 1 aromatic rings. The molecular formula is C12H14N2O. The molecule has 15 heavy (non-hydrogen) atoms. The van der Waals surface area contributed by atoms with Gasteiger partial charge in [0.25, 0.3) is 0 Å². The molecule has 0 bridgehead atoms. The van der Waals surface area contributed by atoms with Crippen molar-refractivity contribution >= 4 is 11.5 Å². The highest BCUT2D eigenvalue weighted by Gasteiger charge is 2.27. The first-order chi connectivity index (χ1) is 7.27. The fourth-order valence-electron chi connectivity index (χ4n) is 2.18. The summed E-state index contributed by atoms with van der Waals surface area (Å²) in [6.45, 7) is 6.75. The Bertz CT molecular complexity index is 451. The van der Waals surface area contributed by atoms with Gasteiger partial charge in [-0.25, -0.2) is 0 Å². The molecule has 0 fully saturated rings. The monoisotopic (exact) mass is 202 g/mol. The summed E-state index contributed by atoms with van der Waals surface area (Å²) in [5.41, 5.74) is 3.72. The first-order valence-electron chi connectivity index (χ1n) is 5.31. The molecule has 0 amide bonds. The highest BCUT2D eigenvalue weighted by Crippen LogP contribution is 2.37. The van der Waals surface area contributed by atoms with Crippen molar-refractivity contribution in [1.29, 1.82) is 0 Å². The molecular weight excluding hydrogens is 188 g/mol. The van der Waals surface area contributed by atoms with Gasteiger partial charge in [0.1, 0.15) is 18.2 Å². The summed E-state index contributed by atoms with van der Waals surface area (Å²) in [7, 11) is 0. The second-order valence-electron chi connectivity index (χ2n) is 4.09. The number of rotatable bonds is 0. The van der Waals surface area contributed by atoms with Crippen LogP contribution in [0.15, 0.2) is 17.1 Å². The molecule has 1 aromatic carbocycles. The fourth-order valence-corrected chi connectivity index (χ4v) is 2.18. The third kappa shape index (κ3) is 1.16. The van der Waals surface area contributed by atoms with E-state index in [2.05, 4.69) is 35.9 Å². The summed E-state index contributed by atoms with van der Waals surface area (Å²) >= 11 is 0. The Hall–Kier alpha value is -1.51. The highest BCUT2D eigenvalue weighted by atomic mass is 16.5. The topological polar surface area (TPSA) is 24.8 Å². The zero-order valence-corrected chi connectivity index (χ0v) is 9.08. The van der Waals surface area contributed by atoms with E-state index in [4.69, 9.17) is 4.74 Å². The molecule has 0 atom stereocenters. The molecule has 0 N–H and O–H groups in total. The molecule has 0 radical (unpaired) electrons. The Morgan fingerprint density at radius 2 is 2.20 bits per heavy atom. The number of hydrogen-bond acceptors (Lipinski definition) is 3. The number of aliphatic imine (C=N–C) groups is 1. The SMILES string of the molecule is Cc1ccc2c(c1C)OCC1=NCCN12. The molecule has 2 heterocycles. The highest BCUT2D eigenvalue weighted by molar-refractivity contribution is 6.03. The lowest BCUT2D eigenvalue weighted by atomic mass is 10.1. The van der Waals surface area contributed by atoms with Gasteiger partial charge in [0, 0.05) is 6.54 Å². The molecule has 2 aliphatic rings. The van der Waals surface area contributed by atoms with Crippen molar-refractivity contribution < 1.29 is 4.74 Å². The van der Waals surface area contributed by atoms with Crippen LogP contribution in [0.5, 0.6) is 5.75 Å². The van der Waals surface area contributed by atoms with E-state index in [1.807, 2.05) is 0 Å². The van der Waals surface area contributed by atoms with Crippen molar-refractivity contribution in [3.05, 3.63) is 23.3 Å². The third-order valence-electron chi connectivity index (χ3n) is 3.22. The summed E-state index contributed by atoms with van der Waals surface area (Å²) in [6.07, 6.45) is 0. The van der Waals surface area contributed by atoms with E-state index in [9.17, 15) is 0 Å². The normalized spacial score (nSPS) is 18.0. The Kier molecular flexibility index (Phi) is 1.75. The number of fused-ring (bicyclic) bond motifs is 3. The van der Waals surface area contributed by atoms with Gasteiger partial charge in [-0.15, -0.1) is 0 Å². The van der Waals surface area contributed by atoms with Gasteiger partial charge in [0.2, 0.25) is 0 Å². The number of benzene rings is 1. The van der Waals surface area contributed by atoms with E-state index in [0.29, 0.717) is 6.61 Å². The van der Waals surface area contributed by atoms with Crippen molar-refractivity contribution in [2.45, 2.75) is 13.8 Å². The Morgan fingerprint density at radius 3 is 3.07 bits per heavy atom. The van der Waals surface area contributed by atoms with Crippen LogP contribution >= 0.6 is 0 Å². The Morgan fingerprint density at radius 1 is 1.33 bits per heavy atom. The molecule has 0 saturated carbocycles. The van der Waals surface area contributed by atoms with Gasteiger partial charge in [0.15, 0.2) is 0 Å². The number of anilines is 1. The van der Waals surface area contributed by atoms with Crippen molar-refractivity contribution in [3.63, 3.8) is 0 Å². The van der Waals surface area contributed by atoms with Crippen molar-refractivity contribution in [3.8, 4) is 5.75 Å². The van der Waals surface area contributed by atoms with Gasteiger partial charge < -0.3 is 9.64 Å². The maximum Gasteiger partial charge on any atom is 0.146 e. The molecule has 2 aliphatic heterocycles. The number of ether oxygens (including phenoxy) is 1. The molecule has 0 aliphatic carbocycles. The van der Waals surface area contributed by atoms with E-state index in [1.54, 1.807) is 0 Å². The van der Waals surface area contributed by atoms with E-state index in [0.717, 1.165) is 24.7 Å². The minimum atomic E-state index is 0.622. The van der Waals surface area contributed by atoms with Crippen molar-refractivity contribution in [2.24, 2.45) is 4.99 Å². The van der Waals surface area contributed by atoms with Crippen LogP contribution in [0.4, 0.5) is 5.69 Å². The smallest absolute Gasteiger partial charge is 0.146 e. The van der Waals surface area contributed by atoms with Crippen LogP contribution < -0.4 is 9.64 Å². The fraction of sp³-hybridized carbons (Fsp3) is 0.417. The van der Waals surface area contributed by atoms with Crippen LogP contribution in [0.1, 0.15) is 11.1 Å². The van der Waals surface area contributed by atoms with Gasteiger partial charge in [-0.2, -0.15) is 0 Å². The van der Waals surface area contributed by atoms with Crippen LogP contribution in [0.3, 0.4) is 0 Å². The largest absolute Gasteiger partial charge is 0.483 e. The van der Waals surface area contributed by atoms with E-state index < -0.39 is 0 Å². The van der Waals surface area contributed by atoms with E-state index in [-0.39, 0.29) is 0 Å². The van der Waals surface area contributed by atoms with Gasteiger partial charge in [-0.3, -0.25) is 4.99 Å². The standard InChI is InChI=1S/C12H14N2O/c1-8-3-4-10-12(9(8)2)15-7-11-13-5-6-14(10)11/h3-4H,5-7H2,1-2H3. The predicted octanol–water partition coefficient (Wildman–Crippen LogP) is 1.91. The molecule has 3 rings (SSSR count). The zero-order chi connectivity index (χ0) is 10.4. The lowest BCUT2D eigenvalue weighted by molar-refractivity contribution is 0.365. The van der Waals surface area contributed by atoms with Gasteiger partial charge in [-0.1, -0.05) is 6.07 Å². The van der Waals surface area contributed by atoms with Crippen LogP contribution in [-0.4, -0.2) is 25.5 Å². The van der Waals surface area contributed by atoms with Crippen LogP contribution in [0.2, 0.25) is 0 Å². The van der Waals surface area contributed by atoms with Gasteiger partial charge in [0.05, 0.1) is 12.2 Å². The second kappa shape index (κ2) is 2.99. The first kappa shape index (κ1) is 8.77. The molecule has 3 nitrogen and oxygen atoms in total. The number of nitrogens with zero attached hydrogens (tertiary/aromatic N) is 2. The van der Waals surface area contributed by atoms with Crippen molar-refractivity contribution in [2.75, 3.05) is 24.6 Å². The maximum absolute atomic E-state index is 5.78. The maximum atomic E-state index is 5.78. The Labute approximate surface area is 89.4 Å². The van der Waals surface area contributed by atoms with E-state index in [1.165, 1.54) is 16.8 Å². The number of aryl methyl sites for hydroxylation is 1. The summed E-state index contributed by atoms with van der Waals surface area (Å²) in [6, 6.07) is 4.29. The third-order valence-corrected chi connectivity index (χ3v) is 3.22. The lowest BCUT2D eigenvalue weighted by Gasteiger charge is -2.29. The molecule has 0 aromatic heterocycles. The molecule has 0 spiro atoms. The summed E-state index contributed by atoms with van der Waals surface area (Å²) in [4.78, 5) is 6.70. The van der Waals surface area contributed by atoms with Gasteiger partial charge in [-0.05, 0) is 31.0 Å². The minimum absolute atomic E-state index is 0.622. The summed E-state index contributed by atoms with van der Waals surface area (Å²) in [5, 5.41) is 0. The molecule has 3 heteroatoms. The molecule has 78 valence electrons. The minimum Gasteiger partial charge on any atom is -0.483 e. The second-order valence-corrected chi connectivity index (χ2v) is 4.09. The average molecular weight is 202 g/mol. The van der Waals surface area contributed by atoms with Crippen molar-refractivity contribution in [1.82, 2.24) is 0 Å². The first-order valence-corrected chi connectivity index (χ1v) is 5.31. The van der Waals surface area contributed by atoms with Crippen LogP contribution in [0, 0.1) is 13.8 Å². The van der Waals surface area contributed by atoms with Crippen LogP contribution in [-0.2, 0) is 0 Å². The lowest BCUT2D eigenvalue weighted by Crippen LogP contribution is -2.36. The number of amidine groups is 1. The zero-order valence-electron chi connectivity index (χ0n) is 9.08. The molecule has 0 unspecified atom stereocenters. The summed E-state index contributed by atoms with van der Waals surface area (Å²) in [5.74, 6) is 2.11. The average Bonchev–Trinajstić information content (AvgIpc) is 2.71. The van der Waals surface area contributed by atoms with E-state index >= 15 is 0 Å². The quantitative estimate of drug-likeness (QED) is 0.642. The summed E-state index contributed by atoms with van der Waals surface area (Å²) < 4.78 is 5.78. The molecule has 0 saturated heterocycles. The predicted molar refractivity (Wildman–Crippen MR) is 61.1 cm³/mol. The Balaban J connectivity index is 2.16. The van der Waals surface area contributed by atoms with Gasteiger partial charge >= 0.3 is 0 Å². The number of hydrogen-bond donors (Lipinski definition) is 0.